The predicted octanol–water partition coefficient (Wildman–Crippen LogP) is 5.34. The van der Waals surface area contributed by atoms with Crippen LogP contribution in [0.5, 0.6) is 0 Å². The molecule has 1 unspecified atom stereocenters. The zero-order chi connectivity index (χ0) is 20.4. The van der Waals surface area contributed by atoms with Gasteiger partial charge in [0.15, 0.2) is 5.16 Å². The molecule has 0 radical (unpaired) electrons. The van der Waals surface area contributed by atoms with Gasteiger partial charge in [0.05, 0.1) is 23.7 Å². The molecule has 0 N–H and O–H groups in total. The lowest BCUT2D eigenvalue weighted by Crippen LogP contribution is -2.31. The molecular formula is C23H24FN3OS. The van der Waals surface area contributed by atoms with Crippen LogP contribution in [-0.2, 0) is 4.79 Å². The molecule has 0 bridgehead atoms. The van der Waals surface area contributed by atoms with Crippen LogP contribution in [0.25, 0.3) is 11.3 Å². The van der Waals surface area contributed by atoms with Gasteiger partial charge < -0.3 is 9.47 Å². The van der Waals surface area contributed by atoms with E-state index < -0.39 is 0 Å². The van der Waals surface area contributed by atoms with Crippen molar-refractivity contribution in [3.05, 3.63) is 72.2 Å². The third-order valence-corrected chi connectivity index (χ3v) is 6.35. The van der Waals surface area contributed by atoms with Gasteiger partial charge in [0.25, 0.3) is 0 Å². The Hall–Kier alpha value is -2.60. The van der Waals surface area contributed by atoms with E-state index in [-0.39, 0.29) is 17.8 Å². The van der Waals surface area contributed by atoms with Crippen molar-refractivity contribution in [3.8, 4) is 11.3 Å². The zero-order valence-electron chi connectivity index (χ0n) is 16.6. The highest BCUT2D eigenvalue weighted by molar-refractivity contribution is 7.99. The fourth-order valence-electron chi connectivity index (χ4n) is 3.37. The van der Waals surface area contributed by atoms with Crippen LogP contribution < -0.4 is 0 Å². The van der Waals surface area contributed by atoms with Crippen LogP contribution in [0.2, 0.25) is 0 Å². The molecule has 2 aromatic carbocycles. The van der Waals surface area contributed by atoms with E-state index in [2.05, 4.69) is 21.7 Å². The Morgan fingerprint density at radius 1 is 1.21 bits per heavy atom. The smallest absolute Gasteiger partial charge is 0.233 e. The Labute approximate surface area is 174 Å². The van der Waals surface area contributed by atoms with Crippen molar-refractivity contribution >= 4 is 17.7 Å². The number of benzene rings is 2. The number of aromatic nitrogens is 2. The molecule has 0 aliphatic heterocycles. The van der Waals surface area contributed by atoms with Crippen LogP contribution in [0.3, 0.4) is 0 Å². The minimum atomic E-state index is -0.272. The van der Waals surface area contributed by atoms with Crippen molar-refractivity contribution in [1.29, 1.82) is 0 Å². The summed E-state index contributed by atoms with van der Waals surface area (Å²) in [4.78, 5) is 19.1. The summed E-state index contributed by atoms with van der Waals surface area (Å²) in [6.07, 6.45) is 4.21. The van der Waals surface area contributed by atoms with Gasteiger partial charge in [0.1, 0.15) is 5.82 Å². The Bertz CT molecular complexity index is 983. The molecular weight excluding hydrogens is 385 g/mol. The second-order valence-electron chi connectivity index (χ2n) is 7.41. The van der Waals surface area contributed by atoms with Gasteiger partial charge in [-0.25, -0.2) is 9.37 Å². The number of halogens is 1. The van der Waals surface area contributed by atoms with Crippen LogP contribution in [0.1, 0.15) is 37.4 Å². The molecule has 4 nitrogen and oxygen atoms in total. The number of imidazole rings is 1. The van der Waals surface area contributed by atoms with E-state index in [1.54, 1.807) is 24.1 Å². The van der Waals surface area contributed by atoms with E-state index in [0.29, 0.717) is 11.8 Å². The van der Waals surface area contributed by atoms with Gasteiger partial charge in [-0.3, -0.25) is 4.79 Å². The molecule has 1 saturated carbocycles. The molecule has 1 aliphatic carbocycles. The van der Waals surface area contributed by atoms with Crippen LogP contribution in [0, 0.1) is 5.82 Å². The average Bonchev–Trinajstić information content (AvgIpc) is 3.51. The van der Waals surface area contributed by atoms with E-state index in [1.165, 1.54) is 23.9 Å². The summed E-state index contributed by atoms with van der Waals surface area (Å²) in [5.74, 6) is 0.0741. The lowest BCUT2D eigenvalue weighted by atomic mass is 10.1. The summed E-state index contributed by atoms with van der Waals surface area (Å²) in [6, 6.07) is 16.9. The summed E-state index contributed by atoms with van der Waals surface area (Å²) in [6.45, 7) is 1.95. The zero-order valence-corrected chi connectivity index (χ0v) is 17.4. The molecule has 0 spiro atoms. The summed E-state index contributed by atoms with van der Waals surface area (Å²) >= 11 is 1.48. The highest BCUT2D eigenvalue weighted by Crippen LogP contribution is 2.42. The Kier molecular flexibility index (Phi) is 5.72. The van der Waals surface area contributed by atoms with Crippen molar-refractivity contribution < 1.29 is 9.18 Å². The molecule has 1 aromatic heterocycles. The number of hydrogen-bond donors (Lipinski definition) is 0. The lowest BCUT2D eigenvalue weighted by Gasteiger charge is -2.25. The first kappa shape index (κ1) is 19.7. The molecule has 1 amide bonds. The number of hydrogen-bond acceptors (Lipinski definition) is 3. The van der Waals surface area contributed by atoms with Crippen LogP contribution >= 0.6 is 11.8 Å². The SMILES string of the molecule is CC(c1ccc(F)cc1)N(C)C(=O)CSc1ncc(-c2ccccc2)n1C1CC1. The van der Waals surface area contributed by atoms with Crippen LogP contribution in [0.4, 0.5) is 4.39 Å². The minimum Gasteiger partial charge on any atom is -0.338 e. The van der Waals surface area contributed by atoms with Crippen molar-refractivity contribution in [2.24, 2.45) is 0 Å². The van der Waals surface area contributed by atoms with Gasteiger partial charge in [-0.05, 0) is 43.0 Å². The van der Waals surface area contributed by atoms with Crippen molar-refractivity contribution in [1.82, 2.24) is 14.5 Å². The van der Waals surface area contributed by atoms with Crippen LogP contribution in [0.15, 0.2) is 66.0 Å². The monoisotopic (exact) mass is 409 g/mol. The standard InChI is InChI=1S/C23H24FN3OS/c1-16(17-8-10-19(24)11-9-17)26(2)22(28)15-29-23-25-14-21(27(23)20-12-13-20)18-6-4-3-5-7-18/h3-11,14,16,20H,12-13,15H2,1-2H3. The Morgan fingerprint density at radius 3 is 2.55 bits per heavy atom. The number of carbonyl (C=O) groups is 1. The van der Waals surface area contributed by atoms with Crippen molar-refractivity contribution in [2.75, 3.05) is 12.8 Å². The predicted molar refractivity (Wildman–Crippen MR) is 114 cm³/mol. The number of amides is 1. The van der Waals surface area contributed by atoms with E-state index in [0.717, 1.165) is 34.8 Å². The topological polar surface area (TPSA) is 38.1 Å². The summed E-state index contributed by atoms with van der Waals surface area (Å²) in [5.41, 5.74) is 3.17. The molecule has 1 heterocycles. The number of thioether (sulfide) groups is 1. The van der Waals surface area contributed by atoms with Crippen LogP contribution in [-0.4, -0.2) is 33.2 Å². The summed E-state index contributed by atoms with van der Waals surface area (Å²) in [7, 11) is 1.79. The first-order valence-electron chi connectivity index (χ1n) is 9.81. The van der Waals surface area contributed by atoms with Gasteiger partial charge in [0, 0.05) is 13.1 Å². The number of carbonyl (C=O) groups excluding carboxylic acids is 1. The molecule has 1 fully saturated rings. The Morgan fingerprint density at radius 2 is 1.90 bits per heavy atom. The van der Waals surface area contributed by atoms with E-state index in [9.17, 15) is 9.18 Å². The minimum absolute atomic E-state index is 0.0263. The van der Waals surface area contributed by atoms with Gasteiger partial charge in [-0.2, -0.15) is 0 Å². The van der Waals surface area contributed by atoms with Crippen molar-refractivity contribution in [2.45, 2.75) is 37.0 Å². The fourth-order valence-corrected chi connectivity index (χ4v) is 4.34. The highest BCUT2D eigenvalue weighted by Gasteiger charge is 2.29. The van der Waals surface area contributed by atoms with Gasteiger partial charge in [-0.1, -0.05) is 54.2 Å². The molecule has 29 heavy (non-hydrogen) atoms. The molecule has 1 atom stereocenters. The normalized spacial score (nSPS) is 14.6. The fraction of sp³-hybridized carbons (Fsp3) is 0.304. The van der Waals surface area contributed by atoms with Gasteiger partial charge >= 0.3 is 0 Å². The highest BCUT2D eigenvalue weighted by atomic mass is 32.2. The second-order valence-corrected chi connectivity index (χ2v) is 8.36. The van der Waals surface area contributed by atoms with E-state index in [1.807, 2.05) is 31.3 Å². The lowest BCUT2D eigenvalue weighted by molar-refractivity contribution is -0.128. The first-order chi connectivity index (χ1) is 14.0. The third kappa shape index (κ3) is 4.37. The quantitative estimate of drug-likeness (QED) is 0.495. The third-order valence-electron chi connectivity index (χ3n) is 5.40. The molecule has 0 saturated heterocycles. The number of rotatable bonds is 7. The molecule has 4 rings (SSSR count). The molecule has 3 aromatic rings. The van der Waals surface area contributed by atoms with Gasteiger partial charge in [-0.15, -0.1) is 0 Å². The maximum absolute atomic E-state index is 13.2. The molecule has 1 aliphatic rings. The molecule has 150 valence electrons. The molecule has 6 heteroatoms. The van der Waals surface area contributed by atoms with E-state index >= 15 is 0 Å². The summed E-state index contributed by atoms with van der Waals surface area (Å²) < 4.78 is 15.4. The second kappa shape index (κ2) is 8.41. The van der Waals surface area contributed by atoms with E-state index in [4.69, 9.17) is 0 Å². The first-order valence-corrected chi connectivity index (χ1v) is 10.8. The summed E-state index contributed by atoms with van der Waals surface area (Å²) in [5, 5.41) is 0.891. The van der Waals surface area contributed by atoms with Crippen molar-refractivity contribution in [3.63, 3.8) is 0 Å². The largest absolute Gasteiger partial charge is 0.338 e. The maximum Gasteiger partial charge on any atom is 0.233 e. The van der Waals surface area contributed by atoms with Gasteiger partial charge in [0.2, 0.25) is 5.91 Å². The number of nitrogens with zero attached hydrogens (tertiary/aromatic N) is 3. The Balaban J connectivity index is 1.45. The average molecular weight is 410 g/mol. The maximum atomic E-state index is 13.2.